The van der Waals surface area contributed by atoms with Crippen LogP contribution in [0.3, 0.4) is 0 Å². The predicted octanol–water partition coefficient (Wildman–Crippen LogP) is 0.497. The second-order valence-electron chi connectivity index (χ2n) is 3.57. The highest BCUT2D eigenvalue weighted by molar-refractivity contribution is 5.60. The molecule has 2 rings (SSSR count). The molecule has 1 heterocycles. The summed E-state index contributed by atoms with van der Waals surface area (Å²) in [5, 5.41) is 3.11. The zero-order chi connectivity index (χ0) is 10.7. The van der Waals surface area contributed by atoms with Crippen LogP contribution in [-0.2, 0) is 9.53 Å². The molecule has 0 spiro atoms. The maximum Gasteiger partial charge on any atom is 0.139 e. The summed E-state index contributed by atoms with van der Waals surface area (Å²) in [5.41, 5.74) is 7.29. The smallest absolute Gasteiger partial charge is 0.139 e. The SMILES string of the molecule is Nc1ccc(C2OCCNC2C=O)cc1. The van der Waals surface area contributed by atoms with Crippen molar-refractivity contribution in [2.24, 2.45) is 0 Å². The van der Waals surface area contributed by atoms with E-state index in [1.165, 1.54) is 0 Å². The molecule has 1 aliphatic rings. The molecule has 1 aromatic rings. The highest BCUT2D eigenvalue weighted by atomic mass is 16.5. The number of rotatable bonds is 2. The lowest BCUT2D eigenvalue weighted by atomic mass is 10.0. The number of anilines is 1. The van der Waals surface area contributed by atoms with E-state index in [4.69, 9.17) is 10.5 Å². The number of aldehydes is 1. The van der Waals surface area contributed by atoms with Crippen LogP contribution in [-0.4, -0.2) is 25.5 Å². The summed E-state index contributed by atoms with van der Waals surface area (Å²) < 4.78 is 5.57. The Hall–Kier alpha value is -1.39. The highest BCUT2D eigenvalue weighted by Crippen LogP contribution is 2.23. The quantitative estimate of drug-likeness (QED) is 0.546. The second kappa shape index (κ2) is 4.42. The number of morpholine rings is 1. The van der Waals surface area contributed by atoms with Crippen molar-refractivity contribution < 1.29 is 9.53 Å². The van der Waals surface area contributed by atoms with Gasteiger partial charge in [0, 0.05) is 12.2 Å². The zero-order valence-corrected chi connectivity index (χ0v) is 8.35. The Labute approximate surface area is 88.4 Å². The van der Waals surface area contributed by atoms with Gasteiger partial charge >= 0.3 is 0 Å². The van der Waals surface area contributed by atoms with Crippen LogP contribution in [0.1, 0.15) is 11.7 Å². The van der Waals surface area contributed by atoms with Crippen LogP contribution in [0.4, 0.5) is 5.69 Å². The number of carbonyl (C=O) groups excluding carboxylic acids is 1. The van der Waals surface area contributed by atoms with Crippen molar-refractivity contribution in [1.82, 2.24) is 5.32 Å². The first-order valence-electron chi connectivity index (χ1n) is 4.97. The van der Waals surface area contributed by atoms with Crippen LogP contribution in [0.2, 0.25) is 0 Å². The molecule has 3 N–H and O–H groups in total. The van der Waals surface area contributed by atoms with Gasteiger partial charge < -0.3 is 20.6 Å². The third kappa shape index (κ3) is 2.16. The van der Waals surface area contributed by atoms with Gasteiger partial charge in [0.1, 0.15) is 12.4 Å². The molecule has 1 aromatic carbocycles. The average molecular weight is 206 g/mol. The molecule has 0 aromatic heterocycles. The van der Waals surface area contributed by atoms with Crippen LogP contribution in [0.25, 0.3) is 0 Å². The number of nitrogen functional groups attached to an aromatic ring is 1. The van der Waals surface area contributed by atoms with E-state index < -0.39 is 0 Å². The largest absolute Gasteiger partial charge is 0.399 e. The zero-order valence-electron chi connectivity index (χ0n) is 8.35. The minimum absolute atomic E-state index is 0.197. The van der Waals surface area contributed by atoms with E-state index in [2.05, 4.69) is 5.32 Å². The van der Waals surface area contributed by atoms with Crippen molar-refractivity contribution in [2.75, 3.05) is 18.9 Å². The Morgan fingerprint density at radius 1 is 1.40 bits per heavy atom. The molecule has 4 heteroatoms. The lowest BCUT2D eigenvalue weighted by Gasteiger charge is -2.29. The van der Waals surface area contributed by atoms with Gasteiger partial charge in [0.2, 0.25) is 0 Å². The third-order valence-electron chi connectivity index (χ3n) is 2.52. The maximum atomic E-state index is 10.8. The topological polar surface area (TPSA) is 64.3 Å². The van der Waals surface area contributed by atoms with Crippen molar-refractivity contribution in [3.63, 3.8) is 0 Å². The van der Waals surface area contributed by atoms with E-state index in [1.807, 2.05) is 24.3 Å². The second-order valence-corrected chi connectivity index (χ2v) is 3.57. The van der Waals surface area contributed by atoms with Crippen molar-refractivity contribution >= 4 is 12.0 Å². The lowest BCUT2D eigenvalue weighted by molar-refractivity contribution is -0.115. The average Bonchev–Trinajstić information content (AvgIpc) is 2.30. The number of hydrogen-bond acceptors (Lipinski definition) is 4. The van der Waals surface area contributed by atoms with Gasteiger partial charge in [-0.15, -0.1) is 0 Å². The van der Waals surface area contributed by atoms with Crippen molar-refractivity contribution in [2.45, 2.75) is 12.1 Å². The number of carbonyl (C=O) groups is 1. The molecular weight excluding hydrogens is 192 g/mol. The van der Waals surface area contributed by atoms with Gasteiger partial charge in [0.15, 0.2) is 0 Å². The first-order chi connectivity index (χ1) is 7.31. The highest BCUT2D eigenvalue weighted by Gasteiger charge is 2.26. The van der Waals surface area contributed by atoms with E-state index in [0.717, 1.165) is 18.4 Å². The van der Waals surface area contributed by atoms with Crippen LogP contribution in [0.15, 0.2) is 24.3 Å². The summed E-state index contributed by atoms with van der Waals surface area (Å²) >= 11 is 0. The molecule has 4 nitrogen and oxygen atoms in total. The third-order valence-corrected chi connectivity index (χ3v) is 2.52. The maximum absolute atomic E-state index is 10.8. The predicted molar refractivity (Wildman–Crippen MR) is 57.4 cm³/mol. The summed E-state index contributed by atoms with van der Waals surface area (Å²) in [6.07, 6.45) is 0.692. The normalized spacial score (nSPS) is 26.1. The first kappa shape index (κ1) is 10.1. The van der Waals surface area contributed by atoms with Gasteiger partial charge in [0.25, 0.3) is 0 Å². The molecule has 0 saturated carbocycles. The van der Waals surface area contributed by atoms with Crippen molar-refractivity contribution in [3.05, 3.63) is 29.8 Å². The van der Waals surface area contributed by atoms with Gasteiger partial charge in [0.05, 0.1) is 12.6 Å². The fraction of sp³-hybridized carbons (Fsp3) is 0.364. The summed E-state index contributed by atoms with van der Waals surface area (Å²) in [6, 6.07) is 7.15. The first-order valence-corrected chi connectivity index (χ1v) is 4.97. The molecule has 0 aliphatic carbocycles. The van der Waals surface area contributed by atoms with E-state index in [-0.39, 0.29) is 12.1 Å². The fourth-order valence-electron chi connectivity index (χ4n) is 1.73. The Balaban J connectivity index is 2.20. The summed E-state index contributed by atoms with van der Waals surface area (Å²) in [4.78, 5) is 10.8. The summed E-state index contributed by atoms with van der Waals surface area (Å²) in [7, 11) is 0. The number of ether oxygens (including phenoxy) is 1. The molecule has 1 saturated heterocycles. The molecule has 2 atom stereocenters. The van der Waals surface area contributed by atoms with E-state index >= 15 is 0 Å². The number of benzene rings is 1. The van der Waals surface area contributed by atoms with Crippen LogP contribution in [0.5, 0.6) is 0 Å². The lowest BCUT2D eigenvalue weighted by Crippen LogP contribution is -2.44. The Morgan fingerprint density at radius 2 is 2.13 bits per heavy atom. The molecular formula is C11H14N2O2. The molecule has 1 fully saturated rings. The summed E-state index contributed by atoms with van der Waals surface area (Å²) in [6.45, 7) is 1.34. The summed E-state index contributed by atoms with van der Waals surface area (Å²) in [5.74, 6) is 0. The standard InChI is InChI=1S/C11H14N2O2/c12-9-3-1-8(2-4-9)11-10(7-14)13-5-6-15-11/h1-4,7,10-11,13H,5-6,12H2. The van der Waals surface area contributed by atoms with Crippen LogP contribution >= 0.6 is 0 Å². The molecule has 0 amide bonds. The van der Waals surface area contributed by atoms with Gasteiger partial charge in [-0.05, 0) is 17.7 Å². The monoisotopic (exact) mass is 206 g/mol. The van der Waals surface area contributed by atoms with Crippen molar-refractivity contribution in [3.8, 4) is 0 Å². The van der Waals surface area contributed by atoms with Gasteiger partial charge in [-0.2, -0.15) is 0 Å². The minimum Gasteiger partial charge on any atom is -0.399 e. The minimum atomic E-state index is -0.262. The molecule has 2 unspecified atom stereocenters. The van der Waals surface area contributed by atoms with Crippen LogP contribution < -0.4 is 11.1 Å². The molecule has 1 aliphatic heterocycles. The fourth-order valence-corrected chi connectivity index (χ4v) is 1.73. The van der Waals surface area contributed by atoms with E-state index in [9.17, 15) is 4.79 Å². The Morgan fingerprint density at radius 3 is 2.80 bits per heavy atom. The number of nitrogens with two attached hydrogens (primary N) is 1. The molecule has 15 heavy (non-hydrogen) atoms. The van der Waals surface area contributed by atoms with E-state index in [0.29, 0.717) is 12.3 Å². The van der Waals surface area contributed by atoms with Gasteiger partial charge in [-0.1, -0.05) is 12.1 Å². The number of hydrogen-bond donors (Lipinski definition) is 2. The van der Waals surface area contributed by atoms with Gasteiger partial charge in [-0.3, -0.25) is 0 Å². The van der Waals surface area contributed by atoms with E-state index in [1.54, 1.807) is 0 Å². The van der Waals surface area contributed by atoms with Crippen molar-refractivity contribution in [1.29, 1.82) is 0 Å². The number of nitrogens with one attached hydrogen (secondary N) is 1. The molecule has 0 bridgehead atoms. The molecule has 80 valence electrons. The Bertz CT molecular complexity index is 337. The Kier molecular flexibility index (Phi) is 2.99. The van der Waals surface area contributed by atoms with Gasteiger partial charge in [-0.25, -0.2) is 0 Å². The molecule has 0 radical (unpaired) electrons. The van der Waals surface area contributed by atoms with Crippen LogP contribution in [0, 0.1) is 0 Å².